The van der Waals surface area contributed by atoms with Crippen LogP contribution < -0.4 is 5.32 Å². The predicted octanol–water partition coefficient (Wildman–Crippen LogP) is 2.11. The molecule has 0 amide bonds. The molecule has 8 heteroatoms. The Kier molecular flexibility index (Phi) is 3.56. The third-order valence-electron chi connectivity index (χ3n) is 3.04. The summed E-state index contributed by atoms with van der Waals surface area (Å²) in [6, 6.07) is 2.38. The maximum Gasteiger partial charge on any atom is 0.215 e. The molecule has 106 valence electrons. The van der Waals surface area contributed by atoms with E-state index in [1.165, 1.54) is 11.8 Å². The third kappa shape index (κ3) is 2.74. The van der Waals surface area contributed by atoms with Crippen LogP contribution in [-0.2, 0) is 0 Å². The Morgan fingerprint density at radius 1 is 1.35 bits per heavy atom. The molecule has 0 saturated heterocycles. The predicted molar refractivity (Wildman–Crippen MR) is 75.9 cm³/mol. The zero-order valence-electron chi connectivity index (χ0n) is 11.7. The smallest absolute Gasteiger partial charge is 0.215 e. The average molecular weight is 291 g/mol. The number of nitrogens with zero attached hydrogens (tertiary/aromatic N) is 6. The highest BCUT2D eigenvalue weighted by molar-refractivity contribution is 7.99. The molecule has 3 rings (SSSR count). The molecule has 0 unspecified atom stereocenters. The zero-order chi connectivity index (χ0) is 14.1. The first kappa shape index (κ1) is 13.3. The maximum absolute atomic E-state index is 4.58. The van der Waals surface area contributed by atoms with Gasteiger partial charge in [0.05, 0.1) is 6.04 Å². The van der Waals surface area contributed by atoms with Crippen molar-refractivity contribution in [2.75, 3.05) is 12.4 Å². The molecule has 2 heterocycles. The molecule has 0 atom stereocenters. The second-order valence-electron chi connectivity index (χ2n) is 5.09. The number of anilines is 1. The first-order valence-electron chi connectivity index (χ1n) is 6.70. The van der Waals surface area contributed by atoms with Crippen molar-refractivity contribution in [2.45, 2.75) is 48.8 Å². The molecule has 1 fully saturated rings. The van der Waals surface area contributed by atoms with Crippen molar-refractivity contribution >= 4 is 17.6 Å². The average Bonchev–Trinajstić information content (AvgIpc) is 3.19. The molecule has 20 heavy (non-hydrogen) atoms. The Morgan fingerprint density at radius 2 is 2.15 bits per heavy atom. The molecule has 7 nitrogen and oxygen atoms in total. The Bertz CT molecular complexity index is 606. The monoisotopic (exact) mass is 291 g/mol. The highest BCUT2D eigenvalue weighted by Crippen LogP contribution is 2.37. The SMILES string of the molecule is CNc1cc(Sc2nnnn2C2CC2)nc(C(C)C)n1. The lowest BCUT2D eigenvalue weighted by Crippen LogP contribution is -2.04. The molecule has 0 aliphatic heterocycles. The molecule has 0 bridgehead atoms. The van der Waals surface area contributed by atoms with Crippen LogP contribution in [0.15, 0.2) is 16.2 Å². The van der Waals surface area contributed by atoms with Gasteiger partial charge in [0.15, 0.2) is 0 Å². The fourth-order valence-corrected chi connectivity index (χ4v) is 2.63. The lowest BCUT2D eigenvalue weighted by molar-refractivity contribution is 0.565. The highest BCUT2D eigenvalue weighted by atomic mass is 32.2. The summed E-state index contributed by atoms with van der Waals surface area (Å²) >= 11 is 1.49. The minimum atomic E-state index is 0.280. The summed E-state index contributed by atoms with van der Waals surface area (Å²) in [4.78, 5) is 9.04. The summed E-state index contributed by atoms with van der Waals surface area (Å²) in [5.41, 5.74) is 0. The van der Waals surface area contributed by atoms with Gasteiger partial charge >= 0.3 is 0 Å². The minimum Gasteiger partial charge on any atom is -0.373 e. The van der Waals surface area contributed by atoms with Crippen LogP contribution in [0, 0.1) is 0 Å². The Morgan fingerprint density at radius 3 is 2.80 bits per heavy atom. The van der Waals surface area contributed by atoms with Crippen molar-refractivity contribution in [1.29, 1.82) is 0 Å². The number of tetrazole rings is 1. The van der Waals surface area contributed by atoms with Crippen LogP contribution in [0.1, 0.15) is 44.5 Å². The van der Waals surface area contributed by atoms with Gasteiger partial charge in [-0.05, 0) is 35.0 Å². The maximum atomic E-state index is 4.58. The Hall–Kier alpha value is -1.70. The third-order valence-corrected chi connectivity index (χ3v) is 3.91. The van der Waals surface area contributed by atoms with E-state index >= 15 is 0 Å². The first-order chi connectivity index (χ1) is 9.67. The molecular weight excluding hydrogens is 274 g/mol. The van der Waals surface area contributed by atoms with Gasteiger partial charge in [-0.1, -0.05) is 13.8 Å². The number of rotatable bonds is 5. The summed E-state index contributed by atoms with van der Waals surface area (Å²) < 4.78 is 1.89. The van der Waals surface area contributed by atoms with E-state index in [4.69, 9.17) is 0 Å². The molecule has 2 aromatic heterocycles. The van der Waals surface area contributed by atoms with Gasteiger partial charge in [-0.25, -0.2) is 14.6 Å². The van der Waals surface area contributed by atoms with Gasteiger partial charge in [0.1, 0.15) is 16.7 Å². The van der Waals surface area contributed by atoms with Crippen molar-refractivity contribution in [3.05, 3.63) is 11.9 Å². The Balaban J connectivity index is 1.89. The van der Waals surface area contributed by atoms with E-state index in [0.29, 0.717) is 6.04 Å². The van der Waals surface area contributed by atoms with E-state index in [1.54, 1.807) is 0 Å². The molecule has 0 radical (unpaired) electrons. The van der Waals surface area contributed by atoms with E-state index in [1.807, 2.05) is 17.8 Å². The van der Waals surface area contributed by atoms with Crippen LogP contribution in [0.4, 0.5) is 5.82 Å². The van der Waals surface area contributed by atoms with Crippen molar-refractivity contribution < 1.29 is 0 Å². The number of nitrogens with one attached hydrogen (secondary N) is 1. The van der Waals surface area contributed by atoms with E-state index in [9.17, 15) is 0 Å². The summed E-state index contributed by atoms with van der Waals surface area (Å²) in [6.45, 7) is 4.16. The highest BCUT2D eigenvalue weighted by Gasteiger charge is 2.28. The molecular formula is C12H17N7S. The second kappa shape index (κ2) is 5.35. The number of hydrogen-bond acceptors (Lipinski definition) is 7. The van der Waals surface area contributed by atoms with Crippen LogP contribution in [-0.4, -0.2) is 37.2 Å². The van der Waals surface area contributed by atoms with Gasteiger partial charge in [-0.2, -0.15) is 0 Å². The van der Waals surface area contributed by atoms with Crippen LogP contribution in [0.2, 0.25) is 0 Å². The van der Waals surface area contributed by atoms with Gasteiger partial charge in [0, 0.05) is 19.0 Å². The van der Waals surface area contributed by atoms with E-state index in [-0.39, 0.29) is 5.92 Å². The lowest BCUT2D eigenvalue weighted by atomic mass is 10.2. The number of aromatic nitrogens is 6. The molecule has 1 aliphatic carbocycles. The van der Waals surface area contributed by atoms with Gasteiger partial charge in [0.25, 0.3) is 0 Å². The largest absolute Gasteiger partial charge is 0.373 e. The molecule has 1 N–H and O–H groups in total. The normalized spacial score (nSPS) is 14.8. The van der Waals surface area contributed by atoms with Crippen LogP contribution in [0.5, 0.6) is 0 Å². The first-order valence-corrected chi connectivity index (χ1v) is 7.51. The molecule has 2 aromatic rings. The second-order valence-corrected chi connectivity index (χ2v) is 6.08. The number of hydrogen-bond donors (Lipinski definition) is 1. The Labute approximate surface area is 121 Å². The van der Waals surface area contributed by atoms with Crippen LogP contribution >= 0.6 is 11.8 Å². The molecule has 1 aliphatic rings. The quantitative estimate of drug-likeness (QED) is 0.845. The van der Waals surface area contributed by atoms with Crippen LogP contribution in [0.25, 0.3) is 0 Å². The lowest BCUT2D eigenvalue weighted by Gasteiger charge is -2.09. The molecule has 0 spiro atoms. The van der Waals surface area contributed by atoms with Crippen molar-refractivity contribution in [3.63, 3.8) is 0 Å². The van der Waals surface area contributed by atoms with E-state index in [0.717, 1.165) is 34.7 Å². The fraction of sp³-hybridized carbons (Fsp3) is 0.583. The summed E-state index contributed by atoms with van der Waals surface area (Å²) in [5.74, 6) is 1.92. The van der Waals surface area contributed by atoms with Gasteiger partial charge in [0.2, 0.25) is 5.16 Å². The summed E-state index contributed by atoms with van der Waals surface area (Å²) in [7, 11) is 1.86. The topological polar surface area (TPSA) is 81.4 Å². The van der Waals surface area contributed by atoms with Crippen LogP contribution in [0.3, 0.4) is 0 Å². The van der Waals surface area contributed by atoms with Gasteiger partial charge in [-0.15, -0.1) is 5.10 Å². The summed E-state index contributed by atoms with van der Waals surface area (Å²) in [6.07, 6.45) is 2.31. The van der Waals surface area contributed by atoms with Gasteiger partial charge < -0.3 is 5.32 Å². The molecule has 1 saturated carbocycles. The standard InChI is InChI=1S/C12H17N7S/c1-7(2)11-14-9(13-3)6-10(15-11)20-12-16-17-18-19(12)8-4-5-8/h6-8H,4-5H2,1-3H3,(H,13,14,15). The van der Waals surface area contributed by atoms with E-state index in [2.05, 4.69) is 44.7 Å². The summed E-state index contributed by atoms with van der Waals surface area (Å²) in [5, 5.41) is 16.6. The van der Waals surface area contributed by atoms with Crippen molar-refractivity contribution in [2.24, 2.45) is 0 Å². The van der Waals surface area contributed by atoms with E-state index < -0.39 is 0 Å². The van der Waals surface area contributed by atoms with Gasteiger partial charge in [-0.3, -0.25) is 0 Å². The minimum absolute atomic E-state index is 0.280. The molecule has 0 aromatic carbocycles. The fourth-order valence-electron chi connectivity index (χ4n) is 1.78. The zero-order valence-corrected chi connectivity index (χ0v) is 12.6. The van der Waals surface area contributed by atoms with Crippen molar-refractivity contribution in [3.8, 4) is 0 Å². The van der Waals surface area contributed by atoms with Crippen molar-refractivity contribution in [1.82, 2.24) is 30.2 Å².